The smallest absolute Gasteiger partial charge is 0.164 e. The van der Waals surface area contributed by atoms with Gasteiger partial charge in [0.25, 0.3) is 0 Å². The van der Waals surface area contributed by atoms with Gasteiger partial charge in [0.15, 0.2) is 23.1 Å². The highest BCUT2D eigenvalue weighted by Gasteiger charge is 2.22. The Morgan fingerprint density at radius 1 is 0.350 bits per heavy atom. The van der Waals surface area contributed by atoms with Crippen LogP contribution < -0.4 is 0 Å². The molecule has 12 rings (SSSR count). The van der Waals surface area contributed by atoms with Crippen molar-refractivity contribution in [3.8, 4) is 67.7 Å². The van der Waals surface area contributed by atoms with E-state index in [4.69, 9.17) is 24.4 Å². The SMILES string of the molecule is c1ccc(-c2ccc(-c3nc(-c4ccccc4)nc(-c4cccc(-c5nc6cccc(-c7ccc8sc9ccccc9c8c7)c6c6c5oc5ccccc56)c4)n3)cc2)cc1. The molecule has 0 unspecified atom stereocenters. The first kappa shape index (κ1) is 34.3. The number of aromatic nitrogens is 4. The molecule has 0 spiro atoms. The van der Waals surface area contributed by atoms with Crippen molar-refractivity contribution in [2.24, 2.45) is 0 Å². The monoisotopic (exact) mass is 784 g/mol. The van der Waals surface area contributed by atoms with Crippen LogP contribution in [0.15, 0.2) is 199 Å². The minimum Gasteiger partial charge on any atom is -0.454 e. The van der Waals surface area contributed by atoms with E-state index in [9.17, 15) is 0 Å². The Labute approximate surface area is 348 Å². The number of thiophene rings is 1. The van der Waals surface area contributed by atoms with Gasteiger partial charge in [-0.05, 0) is 58.7 Å². The van der Waals surface area contributed by atoms with Gasteiger partial charge in [0.1, 0.15) is 11.3 Å². The van der Waals surface area contributed by atoms with E-state index in [0.29, 0.717) is 17.5 Å². The molecule has 0 saturated heterocycles. The van der Waals surface area contributed by atoms with Crippen LogP contribution >= 0.6 is 11.3 Å². The lowest BCUT2D eigenvalue weighted by molar-refractivity contribution is 0.669. The van der Waals surface area contributed by atoms with Crippen LogP contribution in [0.5, 0.6) is 0 Å². The van der Waals surface area contributed by atoms with Gasteiger partial charge < -0.3 is 4.42 Å². The Hall–Kier alpha value is -7.80. The molecule has 0 N–H and O–H groups in total. The van der Waals surface area contributed by atoms with Crippen molar-refractivity contribution in [2.75, 3.05) is 0 Å². The topological polar surface area (TPSA) is 64.7 Å². The summed E-state index contributed by atoms with van der Waals surface area (Å²) in [4.78, 5) is 20.6. The molecule has 0 radical (unpaired) electrons. The molecule has 4 aromatic heterocycles. The van der Waals surface area contributed by atoms with Crippen LogP contribution in [-0.4, -0.2) is 19.9 Å². The first-order chi connectivity index (χ1) is 29.7. The lowest BCUT2D eigenvalue weighted by Crippen LogP contribution is -2.00. The second kappa shape index (κ2) is 13.9. The second-order valence-electron chi connectivity index (χ2n) is 15.0. The molecule has 280 valence electrons. The number of hydrogen-bond donors (Lipinski definition) is 0. The van der Waals surface area contributed by atoms with Crippen LogP contribution in [0, 0.1) is 0 Å². The van der Waals surface area contributed by atoms with Crippen LogP contribution in [-0.2, 0) is 0 Å². The van der Waals surface area contributed by atoms with Crippen LogP contribution in [0.4, 0.5) is 0 Å². The van der Waals surface area contributed by atoms with Gasteiger partial charge in [-0.15, -0.1) is 11.3 Å². The first-order valence-electron chi connectivity index (χ1n) is 20.0. The average Bonchev–Trinajstić information content (AvgIpc) is 3.90. The van der Waals surface area contributed by atoms with E-state index < -0.39 is 0 Å². The molecule has 0 amide bonds. The third kappa shape index (κ3) is 5.76. The molecule has 8 aromatic carbocycles. The number of pyridine rings is 1. The Balaban J connectivity index is 1.03. The molecular weight excluding hydrogens is 753 g/mol. The number of hydrogen-bond acceptors (Lipinski definition) is 6. The van der Waals surface area contributed by atoms with Crippen molar-refractivity contribution in [1.82, 2.24) is 19.9 Å². The molecular formula is C54H32N4OS. The summed E-state index contributed by atoms with van der Waals surface area (Å²) in [5, 5.41) is 5.72. The fourth-order valence-electron chi connectivity index (χ4n) is 8.46. The van der Waals surface area contributed by atoms with E-state index in [0.717, 1.165) is 83.0 Å². The number of nitrogens with zero attached hydrogens (tertiary/aromatic N) is 4. The fraction of sp³-hybridized carbons (Fsp3) is 0. The quantitative estimate of drug-likeness (QED) is 0.168. The zero-order valence-electron chi connectivity index (χ0n) is 32.1. The number of fused-ring (bicyclic) bond motifs is 8. The maximum absolute atomic E-state index is 6.79. The Morgan fingerprint density at radius 2 is 0.917 bits per heavy atom. The molecule has 0 saturated carbocycles. The van der Waals surface area contributed by atoms with Crippen molar-refractivity contribution >= 4 is 64.4 Å². The predicted molar refractivity (Wildman–Crippen MR) is 248 cm³/mol. The molecule has 60 heavy (non-hydrogen) atoms. The molecule has 0 fully saturated rings. The zero-order valence-corrected chi connectivity index (χ0v) is 32.9. The fourth-order valence-corrected chi connectivity index (χ4v) is 9.54. The molecule has 0 atom stereocenters. The standard InChI is InChI=1S/C54H32N4OS/c1-3-13-33(14-4-1)34-25-27-36(28-26-34)53-56-52(35-15-5-2-6-16-35)57-54(58-53)39-18-11-17-38(31-39)50-51-49(42-20-7-9-23-45(42)59-51)48-40(21-12-22-44(48)55-50)37-29-30-47-43(32-37)41-19-8-10-24-46(41)60-47/h1-32H. The molecule has 5 nitrogen and oxygen atoms in total. The summed E-state index contributed by atoms with van der Waals surface area (Å²) in [6.07, 6.45) is 0. The lowest BCUT2D eigenvalue weighted by atomic mass is 9.94. The number of rotatable bonds is 6. The van der Waals surface area contributed by atoms with E-state index in [2.05, 4.69) is 140 Å². The van der Waals surface area contributed by atoms with Crippen LogP contribution in [0.1, 0.15) is 0 Å². The molecule has 4 heterocycles. The zero-order chi connectivity index (χ0) is 39.6. The summed E-state index contributed by atoms with van der Waals surface area (Å²) in [6, 6.07) is 67.3. The highest BCUT2D eigenvalue weighted by Crippen LogP contribution is 2.44. The largest absolute Gasteiger partial charge is 0.454 e. The number of benzene rings is 8. The van der Waals surface area contributed by atoms with E-state index in [1.54, 1.807) is 0 Å². The minimum absolute atomic E-state index is 0.577. The van der Waals surface area contributed by atoms with E-state index >= 15 is 0 Å². The second-order valence-corrected chi connectivity index (χ2v) is 16.1. The van der Waals surface area contributed by atoms with E-state index in [1.165, 1.54) is 20.2 Å². The summed E-state index contributed by atoms with van der Waals surface area (Å²) in [5.74, 6) is 1.79. The van der Waals surface area contributed by atoms with Crippen LogP contribution in [0.25, 0.3) is 121 Å². The highest BCUT2D eigenvalue weighted by atomic mass is 32.1. The molecule has 6 heteroatoms. The summed E-state index contributed by atoms with van der Waals surface area (Å²) in [5.41, 5.74) is 11.4. The summed E-state index contributed by atoms with van der Waals surface area (Å²) in [7, 11) is 0. The van der Waals surface area contributed by atoms with Crippen molar-refractivity contribution < 1.29 is 4.42 Å². The summed E-state index contributed by atoms with van der Waals surface area (Å²) >= 11 is 1.83. The average molecular weight is 785 g/mol. The van der Waals surface area contributed by atoms with E-state index in [-0.39, 0.29) is 0 Å². The predicted octanol–water partition coefficient (Wildman–Crippen LogP) is 14.7. The van der Waals surface area contributed by atoms with Gasteiger partial charge in [0.05, 0.1) is 5.52 Å². The maximum Gasteiger partial charge on any atom is 0.164 e. The van der Waals surface area contributed by atoms with Gasteiger partial charge >= 0.3 is 0 Å². The van der Waals surface area contributed by atoms with Gasteiger partial charge in [-0.25, -0.2) is 19.9 Å². The Kier molecular flexibility index (Phi) is 7.96. The summed E-state index contributed by atoms with van der Waals surface area (Å²) < 4.78 is 9.36. The minimum atomic E-state index is 0.577. The molecule has 12 aromatic rings. The van der Waals surface area contributed by atoms with Gasteiger partial charge in [0, 0.05) is 58.6 Å². The molecule has 0 aliphatic heterocycles. The normalized spacial score (nSPS) is 11.7. The third-order valence-corrected chi connectivity index (χ3v) is 12.5. The lowest BCUT2D eigenvalue weighted by Gasteiger charge is -2.12. The van der Waals surface area contributed by atoms with Crippen molar-refractivity contribution in [2.45, 2.75) is 0 Å². The van der Waals surface area contributed by atoms with Crippen molar-refractivity contribution in [3.05, 3.63) is 194 Å². The third-order valence-electron chi connectivity index (χ3n) is 11.3. The number of para-hydroxylation sites is 1. The van der Waals surface area contributed by atoms with E-state index in [1.807, 2.05) is 65.9 Å². The van der Waals surface area contributed by atoms with Gasteiger partial charge in [-0.3, -0.25) is 0 Å². The van der Waals surface area contributed by atoms with Crippen LogP contribution in [0.3, 0.4) is 0 Å². The Morgan fingerprint density at radius 3 is 1.72 bits per heavy atom. The van der Waals surface area contributed by atoms with Gasteiger partial charge in [-0.2, -0.15) is 0 Å². The Bertz CT molecular complexity index is 3600. The molecule has 0 aliphatic rings. The first-order valence-corrected chi connectivity index (χ1v) is 20.8. The van der Waals surface area contributed by atoms with Crippen LogP contribution in [0.2, 0.25) is 0 Å². The highest BCUT2D eigenvalue weighted by molar-refractivity contribution is 7.25. The number of furan rings is 1. The van der Waals surface area contributed by atoms with Gasteiger partial charge in [-0.1, -0.05) is 158 Å². The molecule has 0 aliphatic carbocycles. The van der Waals surface area contributed by atoms with Crippen molar-refractivity contribution in [3.63, 3.8) is 0 Å². The molecule has 0 bridgehead atoms. The van der Waals surface area contributed by atoms with Gasteiger partial charge in [0.2, 0.25) is 0 Å². The van der Waals surface area contributed by atoms with Crippen molar-refractivity contribution in [1.29, 1.82) is 0 Å². The summed E-state index contributed by atoms with van der Waals surface area (Å²) in [6.45, 7) is 0. The maximum atomic E-state index is 6.79.